The summed E-state index contributed by atoms with van der Waals surface area (Å²) in [6.07, 6.45) is 4.59. The summed E-state index contributed by atoms with van der Waals surface area (Å²) in [5.74, 6) is -1.50. The summed E-state index contributed by atoms with van der Waals surface area (Å²) in [6, 6.07) is -0.919. The van der Waals surface area contributed by atoms with Crippen molar-refractivity contribution in [3.63, 3.8) is 0 Å². The zero-order valence-corrected chi connectivity index (χ0v) is 11.8. The Morgan fingerprint density at radius 3 is 2.79 bits per heavy atom. The van der Waals surface area contributed by atoms with Crippen LogP contribution in [0.4, 0.5) is 0 Å². The SMILES string of the molecule is CC(C(=O)O)N(C)C(=O)c1cnn2cc(Br)cnc12. The number of nitrogens with zero attached hydrogens (tertiary/aromatic N) is 4. The maximum atomic E-state index is 12.2. The van der Waals surface area contributed by atoms with E-state index in [1.54, 1.807) is 12.4 Å². The molecule has 1 N–H and O–H groups in total. The summed E-state index contributed by atoms with van der Waals surface area (Å²) >= 11 is 3.25. The lowest BCUT2D eigenvalue weighted by Crippen LogP contribution is -2.40. The van der Waals surface area contributed by atoms with Gasteiger partial charge in [-0.05, 0) is 22.9 Å². The molecular weight excluding hydrogens is 316 g/mol. The van der Waals surface area contributed by atoms with Crippen molar-refractivity contribution in [2.75, 3.05) is 7.05 Å². The number of likely N-dealkylation sites (N-methyl/N-ethyl adjacent to an activating group) is 1. The third-order valence-electron chi connectivity index (χ3n) is 2.81. The number of carboxylic acids is 1. The molecule has 0 aliphatic rings. The van der Waals surface area contributed by atoms with E-state index in [1.165, 1.54) is 24.7 Å². The van der Waals surface area contributed by atoms with Gasteiger partial charge in [0, 0.05) is 19.4 Å². The first-order chi connectivity index (χ1) is 8.91. The summed E-state index contributed by atoms with van der Waals surface area (Å²) in [7, 11) is 1.43. The lowest BCUT2D eigenvalue weighted by atomic mass is 10.2. The van der Waals surface area contributed by atoms with Gasteiger partial charge in [-0.2, -0.15) is 5.10 Å². The van der Waals surface area contributed by atoms with E-state index in [4.69, 9.17) is 5.11 Å². The quantitative estimate of drug-likeness (QED) is 0.910. The molecule has 100 valence electrons. The Morgan fingerprint density at radius 2 is 2.16 bits per heavy atom. The van der Waals surface area contributed by atoms with Crippen molar-refractivity contribution in [2.24, 2.45) is 0 Å². The van der Waals surface area contributed by atoms with E-state index < -0.39 is 17.9 Å². The van der Waals surface area contributed by atoms with Gasteiger partial charge in [0.15, 0.2) is 5.65 Å². The molecule has 2 heterocycles. The molecule has 7 nitrogen and oxygen atoms in total. The Balaban J connectivity index is 2.39. The van der Waals surface area contributed by atoms with Crippen LogP contribution in [0, 0.1) is 0 Å². The van der Waals surface area contributed by atoms with Crippen LogP contribution in [0.2, 0.25) is 0 Å². The number of aromatic nitrogens is 3. The molecule has 0 aliphatic carbocycles. The van der Waals surface area contributed by atoms with Crippen molar-refractivity contribution in [3.05, 3.63) is 28.6 Å². The molecule has 1 amide bonds. The van der Waals surface area contributed by atoms with E-state index in [2.05, 4.69) is 26.0 Å². The minimum atomic E-state index is -1.07. The molecule has 19 heavy (non-hydrogen) atoms. The minimum Gasteiger partial charge on any atom is -0.480 e. The third kappa shape index (κ3) is 2.43. The third-order valence-corrected chi connectivity index (χ3v) is 3.22. The Labute approximate surface area is 117 Å². The largest absolute Gasteiger partial charge is 0.480 e. The first-order valence-corrected chi connectivity index (χ1v) is 6.20. The summed E-state index contributed by atoms with van der Waals surface area (Å²) in [4.78, 5) is 28.3. The van der Waals surface area contributed by atoms with Gasteiger partial charge in [-0.1, -0.05) is 0 Å². The molecule has 0 radical (unpaired) electrons. The van der Waals surface area contributed by atoms with Gasteiger partial charge in [0.1, 0.15) is 11.6 Å². The van der Waals surface area contributed by atoms with Gasteiger partial charge in [0.25, 0.3) is 5.91 Å². The Hall–Kier alpha value is -1.96. The predicted molar refractivity (Wildman–Crippen MR) is 69.9 cm³/mol. The van der Waals surface area contributed by atoms with Crippen LogP contribution >= 0.6 is 15.9 Å². The molecule has 8 heteroatoms. The number of carboxylic acid groups (broad SMARTS) is 1. The molecule has 1 atom stereocenters. The summed E-state index contributed by atoms with van der Waals surface area (Å²) in [5.41, 5.74) is 0.653. The van der Waals surface area contributed by atoms with E-state index in [-0.39, 0.29) is 5.56 Å². The smallest absolute Gasteiger partial charge is 0.326 e. The lowest BCUT2D eigenvalue weighted by Gasteiger charge is -2.20. The highest BCUT2D eigenvalue weighted by molar-refractivity contribution is 9.10. The molecule has 0 saturated carbocycles. The molecule has 0 spiro atoms. The van der Waals surface area contributed by atoms with Crippen LogP contribution in [0.3, 0.4) is 0 Å². The number of amides is 1. The first kappa shape index (κ1) is 13.5. The van der Waals surface area contributed by atoms with E-state index in [1.807, 2.05) is 0 Å². The highest BCUT2D eigenvalue weighted by atomic mass is 79.9. The monoisotopic (exact) mass is 326 g/mol. The Kier molecular flexibility index (Phi) is 3.52. The number of hydrogen-bond acceptors (Lipinski definition) is 4. The molecule has 0 aliphatic heterocycles. The second-order valence-corrected chi connectivity index (χ2v) is 4.94. The fourth-order valence-corrected chi connectivity index (χ4v) is 1.83. The highest BCUT2D eigenvalue weighted by Gasteiger charge is 2.25. The zero-order valence-electron chi connectivity index (χ0n) is 10.2. The van der Waals surface area contributed by atoms with Gasteiger partial charge >= 0.3 is 5.97 Å². The van der Waals surface area contributed by atoms with Gasteiger partial charge in [0.05, 0.1) is 10.7 Å². The molecule has 1 unspecified atom stereocenters. The van der Waals surface area contributed by atoms with Crippen molar-refractivity contribution in [2.45, 2.75) is 13.0 Å². The van der Waals surface area contributed by atoms with Gasteiger partial charge < -0.3 is 10.0 Å². The average Bonchev–Trinajstić information content (AvgIpc) is 2.78. The van der Waals surface area contributed by atoms with E-state index in [9.17, 15) is 9.59 Å². The summed E-state index contributed by atoms with van der Waals surface area (Å²) in [6.45, 7) is 1.44. The van der Waals surface area contributed by atoms with Crippen LogP contribution in [0.1, 0.15) is 17.3 Å². The van der Waals surface area contributed by atoms with E-state index in [0.29, 0.717) is 5.65 Å². The minimum absolute atomic E-state index is 0.267. The van der Waals surface area contributed by atoms with Crippen LogP contribution in [-0.4, -0.2) is 49.6 Å². The van der Waals surface area contributed by atoms with Crippen molar-refractivity contribution >= 4 is 33.5 Å². The molecule has 2 aromatic heterocycles. The lowest BCUT2D eigenvalue weighted by molar-refractivity contribution is -0.141. The fourth-order valence-electron chi connectivity index (χ4n) is 1.53. The van der Waals surface area contributed by atoms with Crippen molar-refractivity contribution in [1.29, 1.82) is 0 Å². The van der Waals surface area contributed by atoms with E-state index in [0.717, 1.165) is 9.37 Å². The van der Waals surface area contributed by atoms with Crippen molar-refractivity contribution in [1.82, 2.24) is 19.5 Å². The second-order valence-electron chi connectivity index (χ2n) is 4.03. The van der Waals surface area contributed by atoms with Gasteiger partial charge in [-0.15, -0.1) is 0 Å². The molecular formula is C11H11BrN4O3. The number of aliphatic carboxylic acids is 1. The maximum absolute atomic E-state index is 12.2. The fraction of sp³-hybridized carbons (Fsp3) is 0.273. The number of rotatable bonds is 3. The highest BCUT2D eigenvalue weighted by Crippen LogP contribution is 2.14. The van der Waals surface area contributed by atoms with Gasteiger partial charge in [-0.3, -0.25) is 4.79 Å². The van der Waals surface area contributed by atoms with Gasteiger partial charge in [-0.25, -0.2) is 14.3 Å². The molecule has 2 rings (SSSR count). The van der Waals surface area contributed by atoms with Crippen LogP contribution in [0.15, 0.2) is 23.1 Å². The Bertz CT molecular complexity index is 654. The van der Waals surface area contributed by atoms with Gasteiger partial charge in [0.2, 0.25) is 0 Å². The van der Waals surface area contributed by atoms with Crippen molar-refractivity contribution < 1.29 is 14.7 Å². The number of fused-ring (bicyclic) bond motifs is 1. The first-order valence-electron chi connectivity index (χ1n) is 5.40. The van der Waals surface area contributed by atoms with Crippen LogP contribution in [0.25, 0.3) is 5.65 Å². The molecule has 0 bridgehead atoms. The normalized spacial score (nSPS) is 12.4. The number of carbonyl (C=O) groups excluding carboxylic acids is 1. The zero-order chi connectivity index (χ0) is 14.2. The van der Waals surface area contributed by atoms with E-state index >= 15 is 0 Å². The predicted octanol–water partition coefficient (Wildman–Crippen LogP) is 1.04. The molecule has 2 aromatic rings. The van der Waals surface area contributed by atoms with Crippen LogP contribution in [-0.2, 0) is 4.79 Å². The average molecular weight is 327 g/mol. The number of hydrogen-bond donors (Lipinski definition) is 1. The maximum Gasteiger partial charge on any atom is 0.326 e. The standard InChI is InChI=1S/C11H11BrN4O3/c1-6(11(18)19)15(2)10(17)8-4-14-16-5-7(12)3-13-9(8)16/h3-6H,1-2H3,(H,18,19). The summed E-state index contributed by atoms with van der Waals surface area (Å²) < 4.78 is 2.19. The number of carbonyl (C=O) groups is 2. The molecule has 0 fully saturated rings. The molecule has 0 aromatic carbocycles. The van der Waals surface area contributed by atoms with Crippen LogP contribution in [0.5, 0.6) is 0 Å². The topological polar surface area (TPSA) is 87.8 Å². The van der Waals surface area contributed by atoms with Crippen LogP contribution < -0.4 is 0 Å². The molecule has 0 saturated heterocycles. The van der Waals surface area contributed by atoms with Crippen molar-refractivity contribution in [3.8, 4) is 0 Å². The summed E-state index contributed by atoms with van der Waals surface area (Å²) in [5, 5.41) is 12.9. The number of halogens is 1. The Morgan fingerprint density at radius 1 is 1.47 bits per heavy atom. The second kappa shape index (κ2) is 4.96.